The zero-order valence-corrected chi connectivity index (χ0v) is 10.6. The fourth-order valence-electron chi connectivity index (χ4n) is 3.39. The normalized spacial score (nSPS) is 29.8. The molecule has 0 aromatic carbocycles. The fraction of sp³-hybridized carbons (Fsp3) is 0.571. The summed E-state index contributed by atoms with van der Waals surface area (Å²) >= 11 is 0. The van der Waals surface area contributed by atoms with Crippen molar-refractivity contribution in [1.82, 2.24) is 9.88 Å². The fourth-order valence-corrected chi connectivity index (χ4v) is 3.39. The summed E-state index contributed by atoms with van der Waals surface area (Å²) in [6, 6.07) is 6.21. The Morgan fingerprint density at radius 1 is 1.44 bits per heavy atom. The van der Waals surface area contributed by atoms with Crippen LogP contribution in [0.1, 0.15) is 29.8 Å². The lowest BCUT2D eigenvalue weighted by atomic mass is 9.70. The molecule has 4 heteroatoms. The first-order valence-electron chi connectivity index (χ1n) is 6.55. The van der Waals surface area contributed by atoms with E-state index in [-0.39, 0.29) is 5.91 Å². The maximum atomic E-state index is 12.4. The van der Waals surface area contributed by atoms with E-state index in [2.05, 4.69) is 4.98 Å². The van der Waals surface area contributed by atoms with E-state index in [1.807, 2.05) is 17.0 Å². The van der Waals surface area contributed by atoms with Crippen molar-refractivity contribution < 1.29 is 9.53 Å². The Labute approximate surface area is 107 Å². The third kappa shape index (κ3) is 1.72. The molecule has 1 saturated heterocycles. The standard InChI is InChI=1S/C14H18N2O2/c1-18-9-10-12-6-4-7-13(10)16(12)14(17)11-5-2-3-8-15-11/h2-3,5,8,10,12-13H,4,6-7,9H2,1H3. The zero-order chi connectivity index (χ0) is 12.5. The van der Waals surface area contributed by atoms with Crippen LogP contribution in [-0.4, -0.2) is 41.6 Å². The Balaban J connectivity index is 1.77. The lowest BCUT2D eigenvalue weighted by Crippen LogP contribution is -2.69. The van der Waals surface area contributed by atoms with Crippen molar-refractivity contribution in [3.8, 4) is 0 Å². The Bertz CT molecular complexity index is 423. The Morgan fingerprint density at radius 3 is 2.83 bits per heavy atom. The monoisotopic (exact) mass is 246 g/mol. The van der Waals surface area contributed by atoms with Crippen LogP contribution in [0.25, 0.3) is 0 Å². The first-order chi connectivity index (χ1) is 8.83. The van der Waals surface area contributed by atoms with Gasteiger partial charge < -0.3 is 9.64 Å². The molecular formula is C14H18N2O2. The van der Waals surface area contributed by atoms with E-state index in [1.54, 1.807) is 19.4 Å². The molecule has 0 radical (unpaired) electrons. The molecule has 1 aliphatic heterocycles. The highest BCUT2D eigenvalue weighted by atomic mass is 16.5. The number of nitrogens with zero attached hydrogens (tertiary/aromatic N) is 2. The van der Waals surface area contributed by atoms with E-state index in [4.69, 9.17) is 4.74 Å². The Hall–Kier alpha value is -1.42. The quantitative estimate of drug-likeness (QED) is 0.815. The molecule has 2 heterocycles. The summed E-state index contributed by atoms with van der Waals surface area (Å²) in [5.74, 6) is 0.606. The molecule has 0 spiro atoms. The van der Waals surface area contributed by atoms with Crippen LogP contribution in [0.2, 0.25) is 0 Å². The second-order valence-electron chi connectivity index (χ2n) is 5.11. The van der Waals surface area contributed by atoms with Crippen LogP contribution in [0.5, 0.6) is 0 Å². The predicted octanol–water partition coefficient (Wildman–Crippen LogP) is 1.72. The van der Waals surface area contributed by atoms with E-state index in [0.29, 0.717) is 23.7 Å². The predicted molar refractivity (Wildman–Crippen MR) is 67.2 cm³/mol. The molecule has 1 aliphatic carbocycles. The van der Waals surface area contributed by atoms with E-state index < -0.39 is 0 Å². The Morgan fingerprint density at radius 2 is 2.22 bits per heavy atom. The van der Waals surface area contributed by atoms with Gasteiger partial charge in [-0.2, -0.15) is 0 Å². The van der Waals surface area contributed by atoms with Gasteiger partial charge in [-0.25, -0.2) is 0 Å². The van der Waals surface area contributed by atoms with Gasteiger partial charge in [0.2, 0.25) is 0 Å². The van der Waals surface area contributed by atoms with Crippen LogP contribution in [0, 0.1) is 5.92 Å². The van der Waals surface area contributed by atoms with Crippen LogP contribution >= 0.6 is 0 Å². The van der Waals surface area contributed by atoms with Crippen molar-refractivity contribution in [2.75, 3.05) is 13.7 Å². The number of methoxy groups -OCH3 is 1. The van der Waals surface area contributed by atoms with E-state index in [1.165, 1.54) is 6.42 Å². The van der Waals surface area contributed by atoms with Gasteiger partial charge in [0.05, 0.1) is 6.61 Å². The van der Waals surface area contributed by atoms with Gasteiger partial charge >= 0.3 is 0 Å². The molecule has 2 unspecified atom stereocenters. The number of ether oxygens (including phenoxy) is 1. The van der Waals surface area contributed by atoms with E-state index in [9.17, 15) is 4.79 Å². The highest BCUT2D eigenvalue weighted by molar-refractivity contribution is 5.93. The van der Waals surface area contributed by atoms with Crippen LogP contribution in [-0.2, 0) is 4.74 Å². The number of aromatic nitrogens is 1. The largest absolute Gasteiger partial charge is 0.384 e. The highest BCUT2D eigenvalue weighted by Crippen LogP contribution is 2.43. The van der Waals surface area contributed by atoms with Gasteiger partial charge in [-0.05, 0) is 31.4 Å². The Kier molecular flexibility index (Phi) is 3.04. The molecule has 96 valence electrons. The second-order valence-corrected chi connectivity index (χ2v) is 5.11. The minimum atomic E-state index is 0.0812. The van der Waals surface area contributed by atoms with Crippen LogP contribution < -0.4 is 0 Å². The van der Waals surface area contributed by atoms with Crippen LogP contribution in [0.4, 0.5) is 0 Å². The summed E-state index contributed by atoms with van der Waals surface area (Å²) < 4.78 is 5.26. The highest BCUT2D eigenvalue weighted by Gasteiger charge is 2.52. The molecule has 2 aliphatic rings. The maximum absolute atomic E-state index is 12.4. The van der Waals surface area contributed by atoms with Gasteiger partial charge in [0.25, 0.3) is 5.91 Å². The third-order valence-electron chi connectivity index (χ3n) is 4.18. The molecule has 1 aromatic rings. The summed E-state index contributed by atoms with van der Waals surface area (Å²) in [4.78, 5) is 18.6. The topological polar surface area (TPSA) is 42.4 Å². The van der Waals surface area contributed by atoms with Crippen LogP contribution in [0.3, 0.4) is 0 Å². The number of fused-ring (bicyclic) bond motifs is 2. The number of amides is 1. The molecular weight excluding hydrogens is 228 g/mol. The summed E-state index contributed by atoms with van der Waals surface area (Å²) in [6.07, 6.45) is 5.10. The molecule has 18 heavy (non-hydrogen) atoms. The van der Waals surface area contributed by atoms with Crippen molar-refractivity contribution in [3.05, 3.63) is 30.1 Å². The average molecular weight is 246 g/mol. The van der Waals surface area contributed by atoms with Gasteiger partial charge in [0.1, 0.15) is 5.69 Å². The minimum Gasteiger partial charge on any atom is -0.384 e. The van der Waals surface area contributed by atoms with Gasteiger partial charge in [0, 0.05) is 31.3 Å². The van der Waals surface area contributed by atoms with Crippen LogP contribution in [0.15, 0.2) is 24.4 Å². The first-order valence-corrected chi connectivity index (χ1v) is 6.55. The molecule has 1 saturated carbocycles. The molecule has 0 N–H and O–H groups in total. The molecule has 3 rings (SSSR count). The number of likely N-dealkylation sites (tertiary alicyclic amines) is 1. The number of piperidine rings is 1. The van der Waals surface area contributed by atoms with Crippen molar-refractivity contribution in [2.45, 2.75) is 31.3 Å². The van der Waals surface area contributed by atoms with E-state index >= 15 is 0 Å². The second kappa shape index (κ2) is 4.69. The molecule has 2 fully saturated rings. The number of rotatable bonds is 3. The average Bonchev–Trinajstić information content (AvgIpc) is 2.45. The van der Waals surface area contributed by atoms with Gasteiger partial charge in [0.15, 0.2) is 0 Å². The summed E-state index contributed by atoms with van der Waals surface area (Å²) in [5, 5.41) is 0. The SMILES string of the molecule is COCC1C2CCCC1N2C(=O)c1ccccn1. The molecule has 4 nitrogen and oxygen atoms in total. The van der Waals surface area contributed by atoms with Crippen molar-refractivity contribution in [1.29, 1.82) is 0 Å². The number of hydrogen-bond donors (Lipinski definition) is 0. The first kappa shape index (κ1) is 11.7. The zero-order valence-electron chi connectivity index (χ0n) is 10.6. The van der Waals surface area contributed by atoms with Crippen molar-refractivity contribution in [2.24, 2.45) is 5.92 Å². The number of carbonyl (C=O) groups is 1. The lowest BCUT2D eigenvalue weighted by Gasteiger charge is -2.58. The number of carbonyl (C=O) groups excluding carboxylic acids is 1. The number of pyridine rings is 1. The summed E-state index contributed by atoms with van der Waals surface area (Å²) in [6.45, 7) is 0.765. The summed E-state index contributed by atoms with van der Waals surface area (Å²) in [5.41, 5.74) is 0.560. The summed E-state index contributed by atoms with van der Waals surface area (Å²) in [7, 11) is 1.74. The lowest BCUT2D eigenvalue weighted by molar-refractivity contribution is -0.0927. The smallest absolute Gasteiger partial charge is 0.272 e. The molecule has 2 atom stereocenters. The van der Waals surface area contributed by atoms with Crippen molar-refractivity contribution >= 4 is 5.91 Å². The minimum absolute atomic E-state index is 0.0812. The van der Waals surface area contributed by atoms with Crippen molar-refractivity contribution in [3.63, 3.8) is 0 Å². The molecule has 2 bridgehead atoms. The molecule has 1 aromatic heterocycles. The van der Waals surface area contributed by atoms with Gasteiger partial charge in [-0.15, -0.1) is 0 Å². The van der Waals surface area contributed by atoms with Gasteiger partial charge in [-0.3, -0.25) is 9.78 Å². The van der Waals surface area contributed by atoms with Gasteiger partial charge in [-0.1, -0.05) is 6.07 Å². The third-order valence-corrected chi connectivity index (χ3v) is 4.18. The maximum Gasteiger partial charge on any atom is 0.272 e. The number of hydrogen-bond acceptors (Lipinski definition) is 3. The molecule has 1 amide bonds. The van der Waals surface area contributed by atoms with E-state index in [0.717, 1.165) is 19.4 Å².